The smallest absolute Gasteiger partial charge is 0.0345 e. The molecule has 1 rings (SSSR count). The second-order valence-electron chi connectivity index (χ2n) is 5.12. The van der Waals surface area contributed by atoms with Gasteiger partial charge in [0.25, 0.3) is 0 Å². The fraction of sp³-hybridized carbons (Fsp3) is 1.00. The molecule has 0 aromatic heterocycles. The number of hydrogen-bond acceptors (Lipinski definition) is 2. The summed E-state index contributed by atoms with van der Waals surface area (Å²) < 4.78 is 0. The van der Waals surface area contributed by atoms with Crippen LogP contribution in [0.5, 0.6) is 0 Å². The molecule has 0 radical (unpaired) electrons. The summed E-state index contributed by atoms with van der Waals surface area (Å²) in [6, 6.07) is 0.843. The summed E-state index contributed by atoms with van der Waals surface area (Å²) in [5.74, 6) is 0. The van der Waals surface area contributed by atoms with E-state index >= 15 is 0 Å². The third kappa shape index (κ3) is 5.31. The topological polar surface area (TPSA) is 15.3 Å². The van der Waals surface area contributed by atoms with Gasteiger partial charge in [-0.05, 0) is 25.9 Å². The zero-order valence-electron chi connectivity index (χ0n) is 11.3. The van der Waals surface area contributed by atoms with Gasteiger partial charge in [-0.1, -0.05) is 46.0 Å². The second kappa shape index (κ2) is 9.00. The summed E-state index contributed by atoms with van der Waals surface area (Å²) in [5, 5.41) is 3.38. The molecule has 2 heteroatoms. The predicted molar refractivity (Wildman–Crippen MR) is 71.9 cm³/mol. The zero-order chi connectivity index (χ0) is 11.6. The van der Waals surface area contributed by atoms with Crippen LogP contribution in [0.15, 0.2) is 0 Å². The Morgan fingerprint density at radius 1 is 0.875 bits per heavy atom. The molecule has 0 amide bonds. The maximum atomic E-state index is 3.38. The molecule has 0 aliphatic carbocycles. The lowest BCUT2D eigenvalue weighted by atomic mass is 10.1. The highest BCUT2D eigenvalue weighted by molar-refractivity contribution is 4.84. The molecule has 0 aromatic carbocycles. The first-order valence-corrected chi connectivity index (χ1v) is 7.33. The largest absolute Gasteiger partial charge is 0.314 e. The first kappa shape index (κ1) is 14.0. The molecule has 0 saturated carbocycles. The molecule has 0 aromatic rings. The van der Waals surface area contributed by atoms with Crippen LogP contribution in [-0.2, 0) is 0 Å². The lowest BCUT2D eigenvalue weighted by Gasteiger charge is -2.38. The molecule has 1 fully saturated rings. The van der Waals surface area contributed by atoms with E-state index in [2.05, 4.69) is 24.1 Å². The van der Waals surface area contributed by atoms with Gasteiger partial charge >= 0.3 is 0 Å². The van der Waals surface area contributed by atoms with Crippen LogP contribution in [0, 0.1) is 0 Å². The Labute approximate surface area is 102 Å². The monoisotopic (exact) mass is 226 g/mol. The van der Waals surface area contributed by atoms with Crippen LogP contribution in [-0.4, -0.2) is 37.1 Å². The molecule has 0 unspecified atom stereocenters. The summed E-state index contributed by atoms with van der Waals surface area (Å²) in [6.07, 6.45) is 9.79. The maximum Gasteiger partial charge on any atom is 0.0345 e. The first-order chi connectivity index (χ1) is 7.88. The van der Waals surface area contributed by atoms with E-state index in [9.17, 15) is 0 Å². The summed E-state index contributed by atoms with van der Waals surface area (Å²) in [6.45, 7) is 9.63. The highest BCUT2D eigenvalue weighted by Gasteiger charge is 2.22. The Morgan fingerprint density at radius 3 is 2.12 bits per heavy atom. The molecular weight excluding hydrogens is 196 g/mol. The molecular formula is C14H30N2. The fourth-order valence-electron chi connectivity index (χ4n) is 2.39. The zero-order valence-corrected chi connectivity index (χ0v) is 11.3. The van der Waals surface area contributed by atoms with Gasteiger partial charge in [0.1, 0.15) is 0 Å². The van der Waals surface area contributed by atoms with Crippen LogP contribution in [0.25, 0.3) is 0 Å². The van der Waals surface area contributed by atoms with E-state index in [0.717, 1.165) is 6.04 Å². The van der Waals surface area contributed by atoms with Crippen molar-refractivity contribution in [3.05, 3.63) is 0 Å². The summed E-state index contributed by atoms with van der Waals surface area (Å²) >= 11 is 0. The van der Waals surface area contributed by atoms with E-state index in [0.29, 0.717) is 0 Å². The molecule has 1 aliphatic heterocycles. The van der Waals surface area contributed by atoms with E-state index in [1.807, 2.05) is 0 Å². The SMILES string of the molecule is CCCCCCCCN(CCC)C1CNC1. The minimum absolute atomic E-state index is 0.843. The van der Waals surface area contributed by atoms with Gasteiger partial charge in [0.2, 0.25) is 0 Å². The van der Waals surface area contributed by atoms with Crippen molar-refractivity contribution in [2.45, 2.75) is 64.8 Å². The number of unbranched alkanes of at least 4 members (excludes halogenated alkanes) is 5. The van der Waals surface area contributed by atoms with Crippen LogP contribution in [0.1, 0.15) is 58.8 Å². The van der Waals surface area contributed by atoms with Gasteiger partial charge in [0.05, 0.1) is 0 Å². The molecule has 16 heavy (non-hydrogen) atoms. The maximum absolute atomic E-state index is 3.38. The summed E-state index contributed by atoms with van der Waals surface area (Å²) in [5.41, 5.74) is 0. The Hall–Kier alpha value is -0.0800. The number of hydrogen-bond donors (Lipinski definition) is 1. The van der Waals surface area contributed by atoms with Crippen molar-refractivity contribution in [1.82, 2.24) is 10.2 Å². The van der Waals surface area contributed by atoms with Crippen molar-refractivity contribution in [3.63, 3.8) is 0 Å². The van der Waals surface area contributed by atoms with Gasteiger partial charge in [-0.2, -0.15) is 0 Å². The predicted octanol–water partition coefficient (Wildman–Crippen LogP) is 3.03. The average molecular weight is 226 g/mol. The number of rotatable bonds is 10. The van der Waals surface area contributed by atoms with Gasteiger partial charge in [-0.3, -0.25) is 4.90 Å². The number of nitrogens with one attached hydrogen (secondary N) is 1. The van der Waals surface area contributed by atoms with Crippen molar-refractivity contribution in [3.8, 4) is 0 Å². The molecule has 1 N–H and O–H groups in total. The molecule has 1 heterocycles. The van der Waals surface area contributed by atoms with Crippen LogP contribution >= 0.6 is 0 Å². The van der Waals surface area contributed by atoms with Crippen molar-refractivity contribution in [2.75, 3.05) is 26.2 Å². The number of nitrogens with zero attached hydrogens (tertiary/aromatic N) is 1. The summed E-state index contributed by atoms with van der Waals surface area (Å²) in [7, 11) is 0. The Morgan fingerprint density at radius 2 is 1.56 bits per heavy atom. The Balaban J connectivity index is 1.98. The van der Waals surface area contributed by atoms with Crippen molar-refractivity contribution >= 4 is 0 Å². The van der Waals surface area contributed by atoms with E-state index in [1.54, 1.807) is 0 Å². The highest BCUT2D eigenvalue weighted by Crippen LogP contribution is 2.10. The standard InChI is InChI=1S/C14H30N2/c1-3-5-6-7-8-9-11-16(10-4-2)14-12-15-13-14/h14-15H,3-13H2,1-2H3. The molecule has 0 spiro atoms. The Bertz CT molecular complexity index is 155. The molecule has 1 saturated heterocycles. The molecule has 0 atom stereocenters. The Kier molecular flexibility index (Phi) is 7.87. The lowest BCUT2D eigenvalue weighted by Crippen LogP contribution is -2.57. The third-order valence-electron chi connectivity index (χ3n) is 3.59. The normalized spacial score (nSPS) is 16.7. The minimum Gasteiger partial charge on any atom is -0.314 e. The van der Waals surface area contributed by atoms with E-state index in [1.165, 1.54) is 71.1 Å². The van der Waals surface area contributed by atoms with Gasteiger partial charge in [-0.25, -0.2) is 0 Å². The molecule has 96 valence electrons. The highest BCUT2D eigenvalue weighted by atomic mass is 15.2. The third-order valence-corrected chi connectivity index (χ3v) is 3.59. The van der Waals surface area contributed by atoms with E-state index in [4.69, 9.17) is 0 Å². The van der Waals surface area contributed by atoms with Crippen molar-refractivity contribution < 1.29 is 0 Å². The molecule has 1 aliphatic rings. The van der Waals surface area contributed by atoms with E-state index < -0.39 is 0 Å². The fourth-order valence-corrected chi connectivity index (χ4v) is 2.39. The van der Waals surface area contributed by atoms with Crippen molar-refractivity contribution in [2.24, 2.45) is 0 Å². The second-order valence-corrected chi connectivity index (χ2v) is 5.12. The van der Waals surface area contributed by atoms with Gasteiger partial charge in [-0.15, -0.1) is 0 Å². The quantitative estimate of drug-likeness (QED) is 0.576. The van der Waals surface area contributed by atoms with Crippen LogP contribution in [0.4, 0.5) is 0 Å². The van der Waals surface area contributed by atoms with Crippen LogP contribution < -0.4 is 5.32 Å². The van der Waals surface area contributed by atoms with Crippen molar-refractivity contribution in [1.29, 1.82) is 0 Å². The van der Waals surface area contributed by atoms with Gasteiger partial charge in [0, 0.05) is 19.1 Å². The lowest BCUT2D eigenvalue weighted by molar-refractivity contribution is 0.143. The summed E-state index contributed by atoms with van der Waals surface area (Å²) in [4.78, 5) is 2.69. The molecule has 2 nitrogen and oxygen atoms in total. The van der Waals surface area contributed by atoms with E-state index in [-0.39, 0.29) is 0 Å². The van der Waals surface area contributed by atoms with Crippen LogP contribution in [0.2, 0.25) is 0 Å². The minimum atomic E-state index is 0.843. The average Bonchev–Trinajstić information content (AvgIpc) is 2.21. The van der Waals surface area contributed by atoms with Crippen LogP contribution in [0.3, 0.4) is 0 Å². The first-order valence-electron chi connectivity index (χ1n) is 7.33. The van der Waals surface area contributed by atoms with Gasteiger partial charge < -0.3 is 5.32 Å². The van der Waals surface area contributed by atoms with Gasteiger partial charge in [0.15, 0.2) is 0 Å². The molecule has 0 bridgehead atoms.